The fraction of sp³-hybridized carbons (Fsp3) is 0.822. The molecule has 3 rings (SSSR count). The van der Waals surface area contributed by atoms with Crippen LogP contribution in [-0.4, -0.2) is 18.3 Å². The standard InChI is InChI=1S/C47H71N3.2C27H55.Ni/c1-6-10-13-14-15-16-17-18-19-20-21-22-23-24-25-26-27-28-31-45-44(30-12-8-3)47(42-36-38-43(39-37-42)49(5)9-4)50(48)46(45)41-34-32-40(33-35-41)29-11-7-2;2*1-3-5-7-9-11-13-15-17-19-21-23-25-27-26-24-22-20-18-16-14-12-10-8-6-4-2;/h32-39H,6-27,29-30H2,1-5H3;2*1,3-27H2,2H3;. The molecule has 0 atom stereocenters. The van der Waals surface area contributed by atoms with E-state index in [0.717, 1.165) is 73.2 Å². The summed E-state index contributed by atoms with van der Waals surface area (Å²) in [5.74, 6) is 7.18. The molecule has 2 aromatic rings. The summed E-state index contributed by atoms with van der Waals surface area (Å²) in [6.07, 6.45) is 104. The molecule has 610 valence electrons. The van der Waals surface area contributed by atoms with Crippen LogP contribution in [0.4, 0.5) is 5.69 Å². The Morgan fingerprint density at radius 3 is 0.819 bits per heavy atom. The van der Waals surface area contributed by atoms with Gasteiger partial charge in [-0.05, 0) is 81.0 Å². The molecule has 0 amide bonds. The molecule has 0 aromatic heterocycles. The average molecular weight is 1500 g/mol. The third-order valence-corrected chi connectivity index (χ3v) is 24.6. The monoisotopic (exact) mass is 1490 g/mol. The first-order chi connectivity index (χ1) is 52.0. The van der Waals surface area contributed by atoms with Crippen molar-refractivity contribution in [1.29, 1.82) is 0 Å². The van der Waals surface area contributed by atoms with Crippen molar-refractivity contribution in [2.45, 2.75) is 521 Å². The van der Waals surface area contributed by atoms with Gasteiger partial charge in [0.05, 0.1) is 0 Å². The van der Waals surface area contributed by atoms with Gasteiger partial charge in [0, 0.05) is 42.4 Å². The summed E-state index contributed by atoms with van der Waals surface area (Å²) in [7, 11) is 2.12. The van der Waals surface area contributed by atoms with E-state index in [1.807, 2.05) is 0 Å². The second kappa shape index (κ2) is 78.1. The van der Waals surface area contributed by atoms with Crippen LogP contribution in [0.15, 0.2) is 59.7 Å². The number of anilines is 1. The Kier molecular flexibility index (Phi) is 73.2. The van der Waals surface area contributed by atoms with Crippen molar-refractivity contribution in [2.75, 3.05) is 18.5 Å². The molecule has 0 fully saturated rings. The van der Waals surface area contributed by atoms with Crippen molar-refractivity contribution >= 4 is 17.1 Å². The molecule has 0 N–H and O–H groups in total. The van der Waals surface area contributed by atoms with E-state index in [1.165, 1.54) is 462 Å². The van der Waals surface area contributed by atoms with Gasteiger partial charge >= 0.3 is 166 Å². The molecule has 0 saturated heterocycles. The summed E-state index contributed by atoms with van der Waals surface area (Å²) >= 11 is 2.05. The number of allylic oxidation sites excluding steroid dienone is 2. The molecule has 0 spiro atoms. The maximum atomic E-state index is 11.9. The van der Waals surface area contributed by atoms with Crippen LogP contribution < -0.4 is 4.90 Å². The minimum atomic E-state index is 0.836. The molecule has 105 heavy (non-hydrogen) atoms. The summed E-state index contributed by atoms with van der Waals surface area (Å²) in [5, 5.41) is 2.87. The smallest absolute Gasteiger partial charge is 0.0654 e. The van der Waals surface area contributed by atoms with Crippen LogP contribution in [0, 0.1) is 11.8 Å². The first-order valence-electron chi connectivity index (χ1n) is 47.8. The van der Waals surface area contributed by atoms with Gasteiger partial charge in [0.15, 0.2) is 0 Å². The normalized spacial score (nSPS) is 12.3. The van der Waals surface area contributed by atoms with E-state index in [0.29, 0.717) is 0 Å². The fourth-order valence-electron chi connectivity index (χ4n) is 15.8. The Morgan fingerprint density at radius 2 is 0.533 bits per heavy atom. The van der Waals surface area contributed by atoms with Gasteiger partial charge in [0.25, 0.3) is 0 Å². The predicted molar refractivity (Wildman–Crippen MR) is 471 cm³/mol. The summed E-state index contributed by atoms with van der Waals surface area (Å²) in [4.78, 5) is 2.24. The molecule has 0 radical (unpaired) electrons. The number of benzene rings is 2. The fourth-order valence-corrected chi connectivity index (χ4v) is 17.0. The van der Waals surface area contributed by atoms with Crippen molar-refractivity contribution < 1.29 is 19.1 Å². The van der Waals surface area contributed by atoms with Crippen molar-refractivity contribution in [1.82, 2.24) is 0 Å². The van der Waals surface area contributed by atoms with Crippen LogP contribution in [0.25, 0.3) is 16.9 Å². The molecule has 1 heterocycles. The summed E-state index contributed by atoms with van der Waals surface area (Å²) in [6.45, 7) is 14.5. The first-order valence-corrected chi connectivity index (χ1v) is 49.2. The molecular formula is C101H181N3Ni. The van der Waals surface area contributed by atoms with Crippen LogP contribution >= 0.6 is 0 Å². The van der Waals surface area contributed by atoms with Gasteiger partial charge in [-0.2, -0.15) is 0 Å². The topological polar surface area (TPSA) is 28.6 Å². The van der Waals surface area contributed by atoms with Gasteiger partial charge in [-0.25, -0.2) is 4.70 Å². The van der Waals surface area contributed by atoms with E-state index >= 15 is 0 Å². The van der Waals surface area contributed by atoms with Gasteiger partial charge in [0.2, 0.25) is 11.4 Å². The van der Waals surface area contributed by atoms with Gasteiger partial charge in [0.1, 0.15) is 5.57 Å². The minimum Gasteiger partial charge on any atom is -0.0654 e. The number of nitrogens with zero attached hydrogens (tertiary/aromatic N) is 3. The second-order valence-corrected chi connectivity index (χ2v) is 34.6. The van der Waals surface area contributed by atoms with Crippen LogP contribution in [-0.2, 0) is 20.9 Å². The first kappa shape index (κ1) is 98.5. The van der Waals surface area contributed by atoms with Gasteiger partial charge < -0.3 is 10.4 Å². The number of rotatable bonds is 78. The molecule has 0 bridgehead atoms. The Morgan fingerprint density at radius 1 is 0.286 bits per heavy atom. The van der Waals surface area contributed by atoms with Crippen LogP contribution in [0.3, 0.4) is 0 Å². The molecule has 2 aromatic carbocycles. The molecule has 0 aliphatic carbocycles. The van der Waals surface area contributed by atoms with E-state index in [9.17, 15) is 5.53 Å². The van der Waals surface area contributed by atoms with Gasteiger partial charge in [-0.1, -0.05) is 348 Å². The van der Waals surface area contributed by atoms with Gasteiger partial charge in [-0.3, -0.25) is 0 Å². The molecule has 3 nitrogen and oxygen atoms in total. The third-order valence-electron chi connectivity index (χ3n) is 23.2. The number of unbranched alkanes of at least 4 members (excludes halogenated alkanes) is 66. The van der Waals surface area contributed by atoms with Crippen molar-refractivity contribution in [3.8, 4) is 11.8 Å². The minimum absolute atomic E-state index is 0.836. The molecule has 1 aliphatic rings. The van der Waals surface area contributed by atoms with Crippen LogP contribution in [0.2, 0.25) is 10.8 Å². The van der Waals surface area contributed by atoms with Crippen molar-refractivity contribution in [3.63, 3.8) is 0 Å². The second-order valence-electron chi connectivity index (χ2n) is 33.1. The van der Waals surface area contributed by atoms with E-state index in [2.05, 4.69) is 128 Å². The molecular weight excluding hydrogens is 1310 g/mol. The Hall–Kier alpha value is -2.63. The predicted octanol–water partition coefficient (Wildman–Crippen LogP) is 36.0. The SMILES string of the molecule is CCCCCCCCCCCCCCCCCCC#CC1=C(c2ccc(CCCC)cc2)[N+](=[N-])C(c2ccc(N(C)CC)cc2)=C1CCCC.CCCCCCCCCCCCCCCCCCCCCCCCCC[CH2][Ni][CH2]CCCCCCCCCCCCCCCCCCCCCCCCCC. The third kappa shape index (κ3) is 58.0. The van der Waals surface area contributed by atoms with Crippen molar-refractivity contribution in [3.05, 3.63) is 81.9 Å². The number of aryl methyl sites for hydroxylation is 1. The number of hydrogen-bond acceptors (Lipinski definition) is 1. The zero-order chi connectivity index (χ0) is 75.3. The zero-order valence-corrected chi connectivity index (χ0v) is 73.0. The molecule has 4 heteroatoms. The quantitative estimate of drug-likeness (QED) is 0.0281. The summed E-state index contributed by atoms with van der Waals surface area (Å²) in [5.41, 5.74) is 20.4. The summed E-state index contributed by atoms with van der Waals surface area (Å²) < 4.78 is 1.45. The summed E-state index contributed by atoms with van der Waals surface area (Å²) in [6, 6.07) is 17.5. The molecule has 0 unspecified atom stereocenters. The number of hydrogen-bond donors (Lipinski definition) is 0. The van der Waals surface area contributed by atoms with E-state index in [1.54, 1.807) is 0 Å². The molecule has 0 saturated carbocycles. The molecule has 1 aliphatic heterocycles. The van der Waals surface area contributed by atoms with E-state index in [4.69, 9.17) is 0 Å². The maximum absolute atomic E-state index is 11.9. The van der Waals surface area contributed by atoms with E-state index in [-0.39, 0.29) is 0 Å². The Balaban J connectivity index is 0.000000716. The van der Waals surface area contributed by atoms with Crippen molar-refractivity contribution in [2.24, 2.45) is 0 Å². The van der Waals surface area contributed by atoms with Gasteiger partial charge in [-0.15, -0.1) is 0 Å². The van der Waals surface area contributed by atoms with E-state index < -0.39 is 0 Å². The van der Waals surface area contributed by atoms with Crippen LogP contribution in [0.5, 0.6) is 0 Å². The van der Waals surface area contributed by atoms with Crippen LogP contribution in [0.1, 0.15) is 521 Å². The Labute approximate surface area is 665 Å². The Bertz CT molecular complexity index is 2230. The average Bonchev–Trinajstić information content (AvgIpc) is 1.61. The zero-order valence-electron chi connectivity index (χ0n) is 72.0.